The lowest BCUT2D eigenvalue weighted by Gasteiger charge is -2.25. The highest BCUT2D eigenvalue weighted by Gasteiger charge is 2.25. The summed E-state index contributed by atoms with van der Waals surface area (Å²) in [5.74, 6) is 0.300. The minimum Gasteiger partial charge on any atom is -0.481 e. The van der Waals surface area contributed by atoms with Crippen molar-refractivity contribution in [1.82, 2.24) is 9.62 Å². The fourth-order valence-electron chi connectivity index (χ4n) is 3.14. The van der Waals surface area contributed by atoms with Crippen LogP contribution in [0.15, 0.2) is 53.4 Å². The molecule has 1 aliphatic rings. The number of piperidine rings is 1. The Labute approximate surface area is 176 Å². The average molecular weight is 437 g/mol. The van der Waals surface area contributed by atoms with E-state index < -0.39 is 16.1 Å². The quantitative estimate of drug-likeness (QED) is 0.719. The fraction of sp³-hybridized carbons (Fsp3) is 0.381. The van der Waals surface area contributed by atoms with E-state index in [4.69, 9.17) is 16.3 Å². The highest BCUT2D eigenvalue weighted by molar-refractivity contribution is 7.89. The Bertz CT molecular complexity index is 924. The summed E-state index contributed by atoms with van der Waals surface area (Å²) in [5.41, 5.74) is 0.814. The minimum atomic E-state index is -3.44. The van der Waals surface area contributed by atoms with Crippen LogP contribution in [0.1, 0.15) is 31.7 Å². The molecule has 1 heterocycles. The van der Waals surface area contributed by atoms with Crippen molar-refractivity contribution < 1.29 is 17.9 Å². The second kappa shape index (κ2) is 9.61. The topological polar surface area (TPSA) is 75.7 Å². The molecule has 8 heteroatoms. The van der Waals surface area contributed by atoms with Crippen LogP contribution in [0.5, 0.6) is 5.75 Å². The lowest BCUT2D eigenvalue weighted by atomic mass is 10.2. The van der Waals surface area contributed by atoms with Gasteiger partial charge in [0.2, 0.25) is 10.0 Å². The molecular weight excluding hydrogens is 412 g/mol. The van der Waals surface area contributed by atoms with Crippen molar-refractivity contribution in [3.8, 4) is 5.75 Å². The van der Waals surface area contributed by atoms with Gasteiger partial charge in [0.25, 0.3) is 5.91 Å². The van der Waals surface area contributed by atoms with Crippen LogP contribution in [-0.4, -0.2) is 37.8 Å². The molecule has 0 aliphatic carbocycles. The van der Waals surface area contributed by atoms with Gasteiger partial charge in [0.05, 0.1) is 4.90 Å². The van der Waals surface area contributed by atoms with Crippen molar-refractivity contribution in [2.75, 3.05) is 13.1 Å². The number of ether oxygens (including phenoxy) is 1. The summed E-state index contributed by atoms with van der Waals surface area (Å²) in [7, 11) is -3.44. The van der Waals surface area contributed by atoms with Crippen LogP contribution in [0.25, 0.3) is 0 Å². The molecule has 1 amide bonds. The van der Waals surface area contributed by atoms with Gasteiger partial charge in [-0.15, -0.1) is 0 Å². The molecule has 0 aromatic heterocycles. The standard InChI is InChI=1S/C21H25ClN2O4S/c1-16(28-19-9-7-18(22)8-10-19)21(25)23-15-17-5-11-20(12-6-17)29(26,27)24-13-3-2-4-14-24/h5-12,16H,2-4,13-15H2,1H3,(H,23,25). The molecule has 2 aromatic rings. The molecule has 2 aromatic carbocycles. The molecule has 1 unspecified atom stereocenters. The Morgan fingerprint density at radius 2 is 1.69 bits per heavy atom. The van der Waals surface area contributed by atoms with Gasteiger partial charge in [0, 0.05) is 24.7 Å². The van der Waals surface area contributed by atoms with Gasteiger partial charge in [-0.3, -0.25) is 4.79 Å². The predicted molar refractivity (Wildman–Crippen MR) is 112 cm³/mol. The van der Waals surface area contributed by atoms with Gasteiger partial charge in [-0.1, -0.05) is 30.2 Å². The van der Waals surface area contributed by atoms with E-state index in [1.165, 1.54) is 0 Å². The van der Waals surface area contributed by atoms with Crippen LogP contribution in [0.4, 0.5) is 0 Å². The lowest BCUT2D eigenvalue weighted by Crippen LogP contribution is -2.36. The summed E-state index contributed by atoms with van der Waals surface area (Å²) < 4.78 is 32.5. The van der Waals surface area contributed by atoms with E-state index in [0.29, 0.717) is 23.9 Å². The number of hydrogen-bond donors (Lipinski definition) is 1. The maximum atomic E-state index is 12.7. The molecule has 1 N–H and O–H groups in total. The van der Waals surface area contributed by atoms with E-state index in [-0.39, 0.29) is 17.3 Å². The molecule has 6 nitrogen and oxygen atoms in total. The molecule has 1 fully saturated rings. The van der Waals surface area contributed by atoms with E-state index in [1.807, 2.05) is 0 Å². The Balaban J connectivity index is 1.54. The molecule has 0 saturated carbocycles. The summed E-state index contributed by atoms with van der Waals surface area (Å²) in [6.07, 6.45) is 2.21. The number of benzene rings is 2. The first-order chi connectivity index (χ1) is 13.9. The van der Waals surface area contributed by atoms with Gasteiger partial charge in [-0.2, -0.15) is 4.31 Å². The second-order valence-electron chi connectivity index (χ2n) is 7.04. The first kappa shape index (κ1) is 21.6. The summed E-state index contributed by atoms with van der Waals surface area (Å²) >= 11 is 5.84. The van der Waals surface area contributed by atoms with Gasteiger partial charge in [0.1, 0.15) is 5.75 Å². The molecule has 0 radical (unpaired) electrons. The molecule has 0 bridgehead atoms. The van der Waals surface area contributed by atoms with E-state index >= 15 is 0 Å². The highest BCUT2D eigenvalue weighted by Crippen LogP contribution is 2.21. The first-order valence-electron chi connectivity index (χ1n) is 9.65. The molecule has 156 valence electrons. The van der Waals surface area contributed by atoms with Crippen LogP contribution in [0.3, 0.4) is 0 Å². The number of hydrogen-bond acceptors (Lipinski definition) is 4. The Hall–Kier alpha value is -2.09. The second-order valence-corrected chi connectivity index (χ2v) is 9.41. The van der Waals surface area contributed by atoms with Gasteiger partial charge in [-0.25, -0.2) is 8.42 Å². The summed E-state index contributed by atoms with van der Waals surface area (Å²) in [6, 6.07) is 13.4. The van der Waals surface area contributed by atoms with E-state index in [9.17, 15) is 13.2 Å². The number of nitrogens with one attached hydrogen (secondary N) is 1. The number of nitrogens with zero attached hydrogens (tertiary/aromatic N) is 1. The molecule has 3 rings (SSSR count). The maximum Gasteiger partial charge on any atom is 0.261 e. The average Bonchev–Trinajstić information content (AvgIpc) is 2.74. The van der Waals surface area contributed by atoms with Crippen molar-refractivity contribution in [3.05, 3.63) is 59.1 Å². The minimum absolute atomic E-state index is 0.259. The molecule has 1 saturated heterocycles. The van der Waals surface area contributed by atoms with E-state index in [1.54, 1.807) is 59.8 Å². The summed E-state index contributed by atoms with van der Waals surface area (Å²) in [6.45, 7) is 3.10. The van der Waals surface area contributed by atoms with Crippen LogP contribution in [0.2, 0.25) is 5.02 Å². The van der Waals surface area contributed by atoms with Gasteiger partial charge in [-0.05, 0) is 61.7 Å². The maximum absolute atomic E-state index is 12.7. The molecule has 1 atom stereocenters. The Morgan fingerprint density at radius 1 is 1.07 bits per heavy atom. The number of halogens is 1. The third-order valence-corrected chi connectivity index (χ3v) is 7.00. The zero-order valence-electron chi connectivity index (χ0n) is 16.3. The molecule has 29 heavy (non-hydrogen) atoms. The van der Waals surface area contributed by atoms with Crippen molar-refractivity contribution >= 4 is 27.5 Å². The summed E-state index contributed by atoms with van der Waals surface area (Å²) in [5, 5.41) is 3.40. The van der Waals surface area contributed by atoms with Gasteiger partial charge in [0.15, 0.2) is 6.10 Å². The monoisotopic (exact) mass is 436 g/mol. The number of amides is 1. The highest BCUT2D eigenvalue weighted by atomic mass is 35.5. The SMILES string of the molecule is CC(Oc1ccc(Cl)cc1)C(=O)NCc1ccc(S(=O)(=O)N2CCCCC2)cc1. The van der Waals surface area contributed by atoms with Crippen LogP contribution >= 0.6 is 11.6 Å². The molecule has 0 spiro atoms. The number of rotatable bonds is 7. The van der Waals surface area contributed by atoms with Crippen molar-refractivity contribution in [1.29, 1.82) is 0 Å². The third kappa shape index (κ3) is 5.72. The van der Waals surface area contributed by atoms with Gasteiger partial charge >= 0.3 is 0 Å². The normalized spacial score (nSPS) is 16.2. The Kier molecular flexibility index (Phi) is 7.16. The van der Waals surface area contributed by atoms with Gasteiger partial charge < -0.3 is 10.1 Å². The number of sulfonamides is 1. The van der Waals surface area contributed by atoms with Crippen LogP contribution < -0.4 is 10.1 Å². The summed E-state index contributed by atoms with van der Waals surface area (Å²) in [4.78, 5) is 12.5. The van der Waals surface area contributed by atoms with Crippen molar-refractivity contribution in [2.24, 2.45) is 0 Å². The smallest absolute Gasteiger partial charge is 0.261 e. The Morgan fingerprint density at radius 3 is 2.31 bits per heavy atom. The first-order valence-corrected chi connectivity index (χ1v) is 11.5. The largest absolute Gasteiger partial charge is 0.481 e. The number of carbonyl (C=O) groups is 1. The van der Waals surface area contributed by atoms with Crippen molar-refractivity contribution in [2.45, 2.75) is 43.7 Å². The third-order valence-electron chi connectivity index (χ3n) is 4.84. The fourth-order valence-corrected chi connectivity index (χ4v) is 4.78. The molecular formula is C21H25ClN2O4S. The van der Waals surface area contributed by atoms with Crippen LogP contribution in [0, 0.1) is 0 Å². The number of carbonyl (C=O) groups excluding carboxylic acids is 1. The zero-order chi connectivity index (χ0) is 20.9. The lowest BCUT2D eigenvalue weighted by molar-refractivity contribution is -0.127. The zero-order valence-corrected chi connectivity index (χ0v) is 17.9. The van der Waals surface area contributed by atoms with E-state index in [0.717, 1.165) is 24.8 Å². The van der Waals surface area contributed by atoms with Crippen molar-refractivity contribution in [3.63, 3.8) is 0 Å². The molecule has 1 aliphatic heterocycles. The van der Waals surface area contributed by atoms with E-state index in [2.05, 4.69) is 5.32 Å². The predicted octanol–water partition coefficient (Wildman–Crippen LogP) is 3.60. The van der Waals surface area contributed by atoms with Crippen LogP contribution in [-0.2, 0) is 21.4 Å².